The molecule has 1 fully saturated rings. The number of rotatable bonds is 9. The molecular formula is C17H34N2O6Si. The summed E-state index contributed by atoms with van der Waals surface area (Å²) in [5, 5.41) is 21.9. The van der Waals surface area contributed by atoms with Gasteiger partial charge in [-0.1, -0.05) is 19.6 Å². The highest BCUT2D eigenvalue weighted by molar-refractivity contribution is 6.76. The van der Waals surface area contributed by atoms with Crippen LogP contribution >= 0.6 is 0 Å². The standard InChI is InChI=1S/C17H34N2O6Si/c1-19(17(23)25-9-10-26(2,3)4)12-15(20)14(18-16(21)22)11-13-5-7-24-8-6-13/h13-15,18,20H,5-12H2,1-4H3,(H,21,22)/t14?,15-/m1/s1. The first-order valence-electron chi connectivity index (χ1n) is 9.21. The minimum atomic E-state index is -1.28. The molecule has 0 spiro atoms. The molecule has 1 rings (SSSR count). The van der Waals surface area contributed by atoms with Gasteiger partial charge in [0.2, 0.25) is 0 Å². The number of carbonyl (C=O) groups excluding carboxylic acids is 1. The first-order valence-corrected chi connectivity index (χ1v) is 12.9. The molecule has 26 heavy (non-hydrogen) atoms. The van der Waals surface area contributed by atoms with Gasteiger partial charge in [0.25, 0.3) is 0 Å². The van der Waals surface area contributed by atoms with E-state index in [-0.39, 0.29) is 6.54 Å². The average Bonchev–Trinajstić information content (AvgIpc) is 2.53. The number of hydrogen-bond donors (Lipinski definition) is 3. The highest BCUT2D eigenvalue weighted by Crippen LogP contribution is 2.21. The van der Waals surface area contributed by atoms with Gasteiger partial charge >= 0.3 is 12.2 Å². The summed E-state index contributed by atoms with van der Waals surface area (Å²) in [6, 6.07) is 0.245. The SMILES string of the molecule is CN(C[C@@H](O)C(CC1CCOCC1)NC(=O)O)C(=O)OCC[Si](C)(C)C. The van der Waals surface area contributed by atoms with Gasteiger partial charge in [-0.25, -0.2) is 9.59 Å². The molecule has 1 heterocycles. The van der Waals surface area contributed by atoms with Crippen molar-refractivity contribution in [2.75, 3.05) is 33.4 Å². The molecule has 3 N–H and O–H groups in total. The normalized spacial score (nSPS) is 18.0. The molecule has 1 saturated heterocycles. The molecule has 8 nitrogen and oxygen atoms in total. The van der Waals surface area contributed by atoms with E-state index in [1.54, 1.807) is 7.05 Å². The zero-order valence-corrected chi connectivity index (χ0v) is 17.4. The van der Waals surface area contributed by atoms with Gasteiger partial charge in [-0.15, -0.1) is 0 Å². The minimum Gasteiger partial charge on any atom is -0.465 e. The predicted octanol–water partition coefficient (Wildman–Crippen LogP) is 2.21. The molecule has 0 radical (unpaired) electrons. The number of nitrogens with one attached hydrogen (secondary N) is 1. The molecule has 2 atom stereocenters. The fraction of sp³-hybridized carbons (Fsp3) is 0.882. The van der Waals surface area contributed by atoms with E-state index in [0.717, 1.165) is 18.9 Å². The maximum atomic E-state index is 12.1. The highest BCUT2D eigenvalue weighted by Gasteiger charge is 2.28. The fourth-order valence-electron chi connectivity index (χ4n) is 2.85. The van der Waals surface area contributed by atoms with E-state index in [0.29, 0.717) is 32.2 Å². The van der Waals surface area contributed by atoms with Crippen molar-refractivity contribution in [2.24, 2.45) is 5.92 Å². The second kappa shape index (κ2) is 10.7. The Morgan fingerprint density at radius 3 is 2.46 bits per heavy atom. The van der Waals surface area contributed by atoms with Crippen LogP contribution in [-0.2, 0) is 9.47 Å². The van der Waals surface area contributed by atoms with Gasteiger partial charge in [0.15, 0.2) is 0 Å². The molecule has 0 saturated carbocycles. The van der Waals surface area contributed by atoms with Crippen LogP contribution in [0.25, 0.3) is 0 Å². The third kappa shape index (κ3) is 9.40. The van der Waals surface area contributed by atoms with Crippen molar-refractivity contribution in [1.82, 2.24) is 10.2 Å². The molecular weight excluding hydrogens is 356 g/mol. The van der Waals surface area contributed by atoms with E-state index in [9.17, 15) is 14.7 Å². The lowest BCUT2D eigenvalue weighted by Gasteiger charge is -2.31. The summed E-state index contributed by atoms with van der Waals surface area (Å²) in [5.41, 5.74) is 0. The molecule has 1 aliphatic heterocycles. The molecule has 0 bridgehead atoms. The van der Waals surface area contributed by atoms with Crippen LogP contribution < -0.4 is 5.32 Å². The van der Waals surface area contributed by atoms with E-state index in [4.69, 9.17) is 14.6 Å². The molecule has 0 aromatic carbocycles. The molecule has 0 aromatic heterocycles. The summed E-state index contributed by atoms with van der Waals surface area (Å²) >= 11 is 0. The molecule has 1 unspecified atom stereocenters. The monoisotopic (exact) mass is 390 g/mol. The van der Waals surface area contributed by atoms with Crippen molar-refractivity contribution in [3.05, 3.63) is 0 Å². The fourth-order valence-corrected chi connectivity index (χ4v) is 3.56. The van der Waals surface area contributed by atoms with Gasteiger partial charge < -0.3 is 29.9 Å². The highest BCUT2D eigenvalue weighted by atomic mass is 28.3. The maximum absolute atomic E-state index is 12.1. The summed E-state index contributed by atoms with van der Waals surface area (Å²) in [4.78, 5) is 24.4. The smallest absolute Gasteiger partial charge is 0.409 e. The first kappa shape index (κ1) is 22.7. The lowest BCUT2D eigenvalue weighted by molar-refractivity contribution is 0.0383. The third-order valence-electron chi connectivity index (χ3n) is 4.55. The summed E-state index contributed by atoms with van der Waals surface area (Å²) in [7, 11) is 0.265. The Morgan fingerprint density at radius 1 is 1.31 bits per heavy atom. The zero-order valence-electron chi connectivity index (χ0n) is 16.4. The number of carboxylic acid groups (broad SMARTS) is 1. The number of hydrogen-bond acceptors (Lipinski definition) is 5. The summed E-state index contributed by atoms with van der Waals surface area (Å²) in [6.45, 7) is 8.30. The van der Waals surface area contributed by atoms with Gasteiger partial charge in [-0.05, 0) is 31.2 Å². The van der Waals surface area contributed by atoms with E-state index in [2.05, 4.69) is 25.0 Å². The van der Waals surface area contributed by atoms with E-state index < -0.39 is 32.4 Å². The van der Waals surface area contributed by atoms with Crippen molar-refractivity contribution in [3.63, 3.8) is 0 Å². The second-order valence-electron chi connectivity index (χ2n) is 8.22. The average molecular weight is 391 g/mol. The second-order valence-corrected chi connectivity index (χ2v) is 13.8. The van der Waals surface area contributed by atoms with Gasteiger partial charge in [0.1, 0.15) is 0 Å². The van der Waals surface area contributed by atoms with Crippen molar-refractivity contribution >= 4 is 20.3 Å². The topological polar surface area (TPSA) is 108 Å². The quantitative estimate of drug-likeness (QED) is 0.521. The zero-order chi connectivity index (χ0) is 19.7. The number of amides is 2. The van der Waals surface area contributed by atoms with E-state index in [1.807, 2.05) is 0 Å². The molecule has 152 valence electrons. The maximum Gasteiger partial charge on any atom is 0.409 e. The number of ether oxygens (including phenoxy) is 2. The predicted molar refractivity (Wildman–Crippen MR) is 101 cm³/mol. The number of aliphatic hydroxyl groups excluding tert-OH is 1. The lowest BCUT2D eigenvalue weighted by atomic mass is 9.90. The number of aliphatic hydroxyl groups is 1. The Hall–Kier alpha value is -1.32. The van der Waals surface area contributed by atoms with Crippen LogP contribution in [0.5, 0.6) is 0 Å². The first-order chi connectivity index (χ1) is 12.1. The number of nitrogens with zero attached hydrogens (tertiary/aromatic N) is 1. The van der Waals surface area contributed by atoms with Crippen LogP contribution in [0.2, 0.25) is 25.7 Å². The van der Waals surface area contributed by atoms with Gasteiger partial charge in [0.05, 0.1) is 25.3 Å². The largest absolute Gasteiger partial charge is 0.465 e. The van der Waals surface area contributed by atoms with E-state index >= 15 is 0 Å². The molecule has 2 amide bonds. The Balaban J connectivity index is 2.50. The Morgan fingerprint density at radius 2 is 1.92 bits per heavy atom. The minimum absolute atomic E-state index is 0.0138. The summed E-state index contributed by atoms with van der Waals surface area (Å²) in [5.74, 6) is 0.296. The summed E-state index contributed by atoms with van der Waals surface area (Å²) in [6.07, 6.45) is -0.458. The Labute approximate surface area is 156 Å². The molecule has 9 heteroatoms. The van der Waals surface area contributed by atoms with Crippen LogP contribution in [0, 0.1) is 5.92 Å². The van der Waals surface area contributed by atoms with E-state index in [1.165, 1.54) is 4.90 Å². The Bertz CT molecular complexity index is 451. The lowest BCUT2D eigenvalue weighted by Crippen LogP contribution is -2.49. The van der Waals surface area contributed by atoms with Crippen molar-refractivity contribution < 1.29 is 29.3 Å². The number of likely N-dealkylation sites (N-methyl/N-ethyl adjacent to an activating group) is 1. The van der Waals surface area contributed by atoms with Gasteiger partial charge in [-0.2, -0.15) is 0 Å². The van der Waals surface area contributed by atoms with Crippen molar-refractivity contribution in [2.45, 2.75) is 57.1 Å². The van der Waals surface area contributed by atoms with Crippen LogP contribution in [0.4, 0.5) is 9.59 Å². The van der Waals surface area contributed by atoms with Crippen LogP contribution in [0.15, 0.2) is 0 Å². The van der Waals surface area contributed by atoms with Crippen LogP contribution in [0.3, 0.4) is 0 Å². The molecule has 1 aliphatic rings. The Kier molecular flexibility index (Phi) is 9.38. The van der Waals surface area contributed by atoms with Crippen LogP contribution in [0.1, 0.15) is 19.3 Å². The molecule has 0 aliphatic carbocycles. The summed E-state index contributed by atoms with van der Waals surface area (Å²) < 4.78 is 10.6. The third-order valence-corrected chi connectivity index (χ3v) is 6.26. The van der Waals surface area contributed by atoms with Crippen molar-refractivity contribution in [3.8, 4) is 0 Å². The number of carbonyl (C=O) groups is 2. The van der Waals surface area contributed by atoms with Gasteiger partial charge in [-0.3, -0.25) is 0 Å². The van der Waals surface area contributed by atoms with Crippen molar-refractivity contribution in [1.29, 1.82) is 0 Å². The van der Waals surface area contributed by atoms with Gasteiger partial charge in [0, 0.05) is 28.3 Å². The van der Waals surface area contributed by atoms with Crippen LogP contribution in [-0.4, -0.2) is 80.9 Å². The molecule has 0 aromatic rings.